The SMILES string of the molecule is O=S(=O)(c1ccccc1)N1CCC[C@@]2(CCCN2Cc2ccc(C(F)(F)F)cc2)C1. The molecule has 0 unspecified atom stereocenters. The summed E-state index contributed by atoms with van der Waals surface area (Å²) in [5, 5.41) is 0. The molecule has 2 aromatic carbocycles. The summed E-state index contributed by atoms with van der Waals surface area (Å²) in [5.41, 5.74) is -0.101. The van der Waals surface area contributed by atoms with Gasteiger partial charge in [0.25, 0.3) is 0 Å². The highest BCUT2D eigenvalue weighted by molar-refractivity contribution is 7.89. The van der Waals surface area contributed by atoms with E-state index in [4.69, 9.17) is 0 Å². The van der Waals surface area contributed by atoms with Crippen LogP contribution >= 0.6 is 0 Å². The molecule has 4 rings (SSSR count). The molecule has 2 aliphatic heterocycles. The van der Waals surface area contributed by atoms with Gasteiger partial charge in [0.15, 0.2) is 0 Å². The summed E-state index contributed by atoms with van der Waals surface area (Å²) in [6.45, 7) is 2.26. The smallest absolute Gasteiger partial charge is 0.292 e. The second-order valence-electron chi connectivity index (χ2n) is 8.20. The Kier molecular flexibility index (Phi) is 5.67. The standard InChI is InChI=1S/C22H25F3N2O2S/c23-22(24,25)19-10-8-18(9-11-19)16-26-14-4-12-21(26)13-5-15-27(17-21)30(28,29)20-6-2-1-3-7-20/h1-3,6-11H,4-5,12-17H2/t21-/m0/s1. The molecule has 30 heavy (non-hydrogen) atoms. The van der Waals surface area contributed by atoms with Crippen LogP contribution in [0.1, 0.15) is 36.8 Å². The van der Waals surface area contributed by atoms with E-state index in [1.165, 1.54) is 12.1 Å². The lowest BCUT2D eigenvalue weighted by molar-refractivity contribution is -0.137. The number of hydrogen-bond donors (Lipinski definition) is 0. The molecule has 0 radical (unpaired) electrons. The van der Waals surface area contributed by atoms with E-state index in [2.05, 4.69) is 4.90 Å². The van der Waals surface area contributed by atoms with Gasteiger partial charge in [-0.15, -0.1) is 0 Å². The molecular weight excluding hydrogens is 413 g/mol. The van der Waals surface area contributed by atoms with Crippen molar-refractivity contribution in [2.24, 2.45) is 0 Å². The fourth-order valence-corrected chi connectivity index (χ4v) is 6.32. The molecule has 1 spiro atoms. The Morgan fingerprint density at radius 2 is 1.53 bits per heavy atom. The minimum absolute atomic E-state index is 0.261. The summed E-state index contributed by atoms with van der Waals surface area (Å²) in [6, 6.07) is 13.7. The third kappa shape index (κ3) is 4.13. The molecule has 1 atom stereocenters. The highest BCUT2D eigenvalue weighted by Crippen LogP contribution is 2.40. The van der Waals surface area contributed by atoms with Crippen molar-refractivity contribution >= 4 is 10.0 Å². The fourth-order valence-electron chi connectivity index (χ4n) is 4.74. The highest BCUT2D eigenvalue weighted by atomic mass is 32.2. The third-order valence-electron chi connectivity index (χ3n) is 6.30. The first kappa shape index (κ1) is 21.3. The van der Waals surface area contributed by atoms with Crippen molar-refractivity contribution in [2.45, 2.75) is 48.8 Å². The lowest BCUT2D eigenvalue weighted by atomic mass is 9.87. The minimum Gasteiger partial charge on any atom is -0.292 e. The molecule has 2 fully saturated rings. The molecule has 0 saturated carbocycles. The number of hydrogen-bond acceptors (Lipinski definition) is 3. The Morgan fingerprint density at radius 1 is 0.900 bits per heavy atom. The first-order valence-electron chi connectivity index (χ1n) is 10.2. The molecule has 0 N–H and O–H groups in total. The molecule has 0 aromatic heterocycles. The van der Waals surface area contributed by atoms with Gasteiger partial charge < -0.3 is 0 Å². The Morgan fingerprint density at radius 3 is 2.17 bits per heavy atom. The van der Waals surface area contributed by atoms with Gasteiger partial charge in [-0.05, 0) is 62.1 Å². The quantitative estimate of drug-likeness (QED) is 0.705. The van der Waals surface area contributed by atoms with Gasteiger partial charge in [-0.1, -0.05) is 30.3 Å². The first-order valence-corrected chi connectivity index (χ1v) is 11.6. The second kappa shape index (κ2) is 7.98. The van der Waals surface area contributed by atoms with Crippen LogP contribution in [-0.2, 0) is 22.7 Å². The van der Waals surface area contributed by atoms with Gasteiger partial charge in [0.1, 0.15) is 0 Å². The Balaban J connectivity index is 1.53. The van der Waals surface area contributed by atoms with Crippen molar-refractivity contribution in [2.75, 3.05) is 19.6 Å². The van der Waals surface area contributed by atoms with Gasteiger partial charge >= 0.3 is 6.18 Å². The van der Waals surface area contributed by atoms with Crippen molar-refractivity contribution in [1.29, 1.82) is 0 Å². The van der Waals surface area contributed by atoms with E-state index in [0.717, 1.165) is 49.9 Å². The van der Waals surface area contributed by atoms with Crippen LogP contribution < -0.4 is 0 Å². The van der Waals surface area contributed by atoms with Gasteiger partial charge in [0.05, 0.1) is 10.5 Å². The van der Waals surface area contributed by atoms with Crippen LogP contribution in [0, 0.1) is 0 Å². The normalized spacial score (nSPS) is 23.8. The lowest BCUT2D eigenvalue weighted by Crippen LogP contribution is -2.56. The number of likely N-dealkylation sites (tertiary alicyclic amines) is 1. The van der Waals surface area contributed by atoms with E-state index >= 15 is 0 Å². The summed E-state index contributed by atoms with van der Waals surface area (Å²) in [5.74, 6) is 0. The molecule has 0 aliphatic carbocycles. The van der Waals surface area contributed by atoms with Crippen LogP contribution in [0.25, 0.3) is 0 Å². The zero-order valence-electron chi connectivity index (χ0n) is 16.6. The van der Waals surface area contributed by atoms with Gasteiger partial charge in [-0.25, -0.2) is 8.42 Å². The average molecular weight is 439 g/mol. The summed E-state index contributed by atoms with van der Waals surface area (Å²) in [4.78, 5) is 2.57. The van der Waals surface area contributed by atoms with Crippen LogP contribution in [-0.4, -0.2) is 42.8 Å². The van der Waals surface area contributed by atoms with E-state index in [-0.39, 0.29) is 5.54 Å². The Labute approximate surface area is 175 Å². The average Bonchev–Trinajstić information content (AvgIpc) is 3.09. The number of alkyl halides is 3. The molecule has 162 valence electrons. The predicted molar refractivity (Wildman–Crippen MR) is 108 cm³/mol. The topological polar surface area (TPSA) is 40.6 Å². The number of benzene rings is 2. The monoisotopic (exact) mass is 438 g/mol. The number of halogens is 3. The third-order valence-corrected chi connectivity index (χ3v) is 8.16. The zero-order valence-corrected chi connectivity index (χ0v) is 17.4. The lowest BCUT2D eigenvalue weighted by Gasteiger charge is -2.45. The van der Waals surface area contributed by atoms with Gasteiger partial charge in [-0.3, -0.25) is 4.90 Å². The van der Waals surface area contributed by atoms with Gasteiger partial charge in [0.2, 0.25) is 10.0 Å². The number of rotatable bonds is 4. The molecule has 2 heterocycles. The van der Waals surface area contributed by atoms with Crippen LogP contribution in [0.15, 0.2) is 59.5 Å². The van der Waals surface area contributed by atoms with Crippen LogP contribution in [0.2, 0.25) is 0 Å². The molecule has 4 nitrogen and oxygen atoms in total. The number of nitrogens with zero attached hydrogens (tertiary/aromatic N) is 2. The van der Waals surface area contributed by atoms with Crippen molar-refractivity contribution < 1.29 is 21.6 Å². The van der Waals surface area contributed by atoms with Crippen molar-refractivity contribution in [1.82, 2.24) is 9.21 Å². The maximum atomic E-state index is 13.1. The van der Waals surface area contributed by atoms with Crippen molar-refractivity contribution in [3.63, 3.8) is 0 Å². The molecular formula is C22H25F3N2O2S. The highest BCUT2D eigenvalue weighted by Gasteiger charge is 2.46. The molecule has 8 heteroatoms. The van der Waals surface area contributed by atoms with Crippen LogP contribution in [0.4, 0.5) is 13.2 Å². The zero-order chi connectivity index (χ0) is 21.4. The van der Waals surface area contributed by atoms with Crippen LogP contribution in [0.5, 0.6) is 0 Å². The summed E-state index contributed by atoms with van der Waals surface area (Å²) >= 11 is 0. The minimum atomic E-state index is -4.34. The predicted octanol–water partition coefficient (Wildman–Crippen LogP) is 4.52. The Bertz CT molecular complexity index is 978. The number of piperidine rings is 1. The summed E-state index contributed by atoms with van der Waals surface area (Å²) in [7, 11) is -3.56. The molecule has 0 bridgehead atoms. The Hall–Kier alpha value is -1.90. The van der Waals surface area contributed by atoms with Crippen molar-refractivity contribution in [3.8, 4) is 0 Å². The second-order valence-corrected chi connectivity index (χ2v) is 10.1. The molecule has 2 aliphatic rings. The largest absolute Gasteiger partial charge is 0.416 e. The van der Waals surface area contributed by atoms with Gasteiger partial charge in [0, 0.05) is 25.2 Å². The van der Waals surface area contributed by atoms with E-state index < -0.39 is 21.8 Å². The first-order chi connectivity index (χ1) is 14.2. The maximum absolute atomic E-state index is 13.1. The van der Waals surface area contributed by atoms with E-state index in [0.29, 0.717) is 24.5 Å². The molecule has 0 amide bonds. The molecule has 2 aromatic rings. The summed E-state index contributed by atoms with van der Waals surface area (Å²) in [6.07, 6.45) is -0.818. The van der Waals surface area contributed by atoms with Crippen molar-refractivity contribution in [3.05, 3.63) is 65.7 Å². The van der Waals surface area contributed by atoms with E-state index in [1.807, 2.05) is 0 Å². The van der Waals surface area contributed by atoms with Gasteiger partial charge in [-0.2, -0.15) is 17.5 Å². The van der Waals surface area contributed by atoms with E-state index in [1.54, 1.807) is 34.6 Å². The maximum Gasteiger partial charge on any atom is 0.416 e. The summed E-state index contributed by atoms with van der Waals surface area (Å²) < 4.78 is 66.3. The fraction of sp³-hybridized carbons (Fsp3) is 0.455. The van der Waals surface area contributed by atoms with Crippen LogP contribution in [0.3, 0.4) is 0 Å². The van der Waals surface area contributed by atoms with E-state index in [9.17, 15) is 21.6 Å². The molecule has 2 saturated heterocycles. The number of sulfonamides is 1.